The minimum Gasteiger partial charge on any atom is -0.494 e. The molecule has 0 radical (unpaired) electrons. The molecule has 0 saturated carbocycles. The van der Waals surface area contributed by atoms with Crippen LogP contribution in [0.4, 0.5) is 4.39 Å². The second kappa shape index (κ2) is 10.6. The van der Waals surface area contributed by atoms with E-state index in [2.05, 4.69) is 19.0 Å². The Morgan fingerprint density at radius 3 is 2.05 bits per heavy atom. The number of carboxylic acid groups (broad SMARTS) is 2. The third kappa shape index (κ3) is 11.4. The Bertz CT molecular complexity index is 421. The summed E-state index contributed by atoms with van der Waals surface area (Å²) in [6.45, 7) is 1.77. The molecule has 0 fully saturated rings. The van der Waals surface area contributed by atoms with Gasteiger partial charge in [-0.3, -0.25) is 0 Å². The van der Waals surface area contributed by atoms with Crippen molar-refractivity contribution in [3.8, 4) is 5.75 Å². The van der Waals surface area contributed by atoms with Crippen LogP contribution in [0.1, 0.15) is 12.8 Å². The average Bonchev–Trinajstić information content (AvgIpc) is 2.40. The molecule has 0 aliphatic heterocycles. The van der Waals surface area contributed by atoms with Gasteiger partial charge in [-0.05, 0) is 57.7 Å². The summed E-state index contributed by atoms with van der Waals surface area (Å²) in [5.41, 5.74) is 0. The highest BCUT2D eigenvalue weighted by atomic mass is 19.1. The minimum atomic E-state index is -1.82. The minimum absolute atomic E-state index is 0.227. The maximum atomic E-state index is 12.6. The van der Waals surface area contributed by atoms with Gasteiger partial charge in [-0.2, -0.15) is 0 Å². The van der Waals surface area contributed by atoms with Crippen molar-refractivity contribution in [1.29, 1.82) is 0 Å². The maximum absolute atomic E-state index is 12.6. The van der Waals surface area contributed by atoms with E-state index in [-0.39, 0.29) is 5.82 Å². The highest BCUT2D eigenvalue weighted by molar-refractivity contribution is 6.27. The topological polar surface area (TPSA) is 87.1 Å². The lowest BCUT2D eigenvalue weighted by atomic mass is 10.3. The zero-order valence-electron chi connectivity index (χ0n) is 12.1. The van der Waals surface area contributed by atoms with Crippen LogP contribution in [0.25, 0.3) is 0 Å². The third-order valence-electron chi connectivity index (χ3n) is 2.26. The molecule has 1 aromatic rings. The van der Waals surface area contributed by atoms with Gasteiger partial charge in [-0.1, -0.05) is 0 Å². The van der Waals surface area contributed by atoms with Gasteiger partial charge in [0.15, 0.2) is 0 Å². The number of hydrogen-bond donors (Lipinski definition) is 2. The molecule has 21 heavy (non-hydrogen) atoms. The number of halogens is 1. The molecule has 0 saturated heterocycles. The number of aliphatic carboxylic acids is 2. The normalized spacial score (nSPS) is 9.71. The van der Waals surface area contributed by atoms with Crippen LogP contribution in [-0.2, 0) is 9.59 Å². The Morgan fingerprint density at radius 1 is 1.10 bits per heavy atom. The molecule has 0 aromatic heterocycles. The van der Waals surface area contributed by atoms with Crippen molar-refractivity contribution < 1.29 is 28.9 Å². The van der Waals surface area contributed by atoms with E-state index in [0.29, 0.717) is 6.61 Å². The molecule has 0 atom stereocenters. The number of carbonyl (C=O) groups is 2. The van der Waals surface area contributed by atoms with E-state index in [0.717, 1.165) is 25.1 Å². The standard InChI is InChI=1S/C12H18FNO.C2H2O4/c1-14(2)9-3-4-10-15-12-7-5-11(13)6-8-12;3-1(4)2(5)6/h5-8H,3-4,9-10H2,1-2H3;(H,3,4)(H,5,6). The van der Waals surface area contributed by atoms with Gasteiger partial charge in [-0.15, -0.1) is 0 Å². The maximum Gasteiger partial charge on any atom is 0.414 e. The average molecular weight is 301 g/mol. The molecule has 0 unspecified atom stereocenters. The van der Waals surface area contributed by atoms with Crippen LogP contribution in [0.2, 0.25) is 0 Å². The molecule has 118 valence electrons. The number of nitrogens with zero attached hydrogens (tertiary/aromatic N) is 1. The fraction of sp³-hybridized carbons (Fsp3) is 0.429. The van der Waals surface area contributed by atoms with Crippen LogP contribution in [0.5, 0.6) is 5.75 Å². The summed E-state index contributed by atoms with van der Waals surface area (Å²) in [5, 5.41) is 14.8. The molecule has 0 amide bonds. The first kappa shape index (κ1) is 18.9. The number of hydrogen-bond acceptors (Lipinski definition) is 4. The van der Waals surface area contributed by atoms with E-state index in [1.54, 1.807) is 12.1 Å². The lowest BCUT2D eigenvalue weighted by Gasteiger charge is -2.09. The number of ether oxygens (including phenoxy) is 1. The van der Waals surface area contributed by atoms with Gasteiger partial charge in [0, 0.05) is 0 Å². The molecular weight excluding hydrogens is 281 g/mol. The molecule has 1 rings (SSSR count). The van der Waals surface area contributed by atoms with Gasteiger partial charge in [-0.25, -0.2) is 14.0 Å². The molecule has 2 N–H and O–H groups in total. The summed E-state index contributed by atoms with van der Waals surface area (Å²) in [4.78, 5) is 20.3. The Hall–Kier alpha value is -2.15. The van der Waals surface area contributed by atoms with Crippen molar-refractivity contribution >= 4 is 11.9 Å². The third-order valence-corrected chi connectivity index (χ3v) is 2.26. The molecule has 0 aliphatic rings. The molecule has 1 aromatic carbocycles. The van der Waals surface area contributed by atoms with Gasteiger partial charge in [0.05, 0.1) is 6.61 Å². The fourth-order valence-electron chi connectivity index (χ4n) is 1.25. The molecule has 0 heterocycles. The van der Waals surface area contributed by atoms with Crippen molar-refractivity contribution in [2.24, 2.45) is 0 Å². The monoisotopic (exact) mass is 301 g/mol. The van der Waals surface area contributed by atoms with Crippen molar-refractivity contribution in [2.45, 2.75) is 12.8 Å². The zero-order chi connectivity index (χ0) is 16.3. The van der Waals surface area contributed by atoms with Gasteiger partial charge in [0.2, 0.25) is 0 Å². The Labute approximate surface area is 122 Å². The molecular formula is C14H20FNO5. The number of unbranched alkanes of at least 4 members (excludes halogenated alkanes) is 1. The molecule has 0 spiro atoms. The van der Waals surface area contributed by atoms with Crippen LogP contribution >= 0.6 is 0 Å². The van der Waals surface area contributed by atoms with Gasteiger partial charge < -0.3 is 19.8 Å². The summed E-state index contributed by atoms with van der Waals surface area (Å²) in [7, 11) is 4.11. The van der Waals surface area contributed by atoms with Crippen LogP contribution in [0, 0.1) is 5.82 Å². The highest BCUT2D eigenvalue weighted by Gasteiger charge is 2.04. The van der Waals surface area contributed by atoms with Crippen molar-refractivity contribution in [3.63, 3.8) is 0 Å². The van der Waals surface area contributed by atoms with Crippen molar-refractivity contribution in [1.82, 2.24) is 4.90 Å². The summed E-state index contributed by atoms with van der Waals surface area (Å²) in [6.07, 6.45) is 2.14. The summed E-state index contributed by atoms with van der Waals surface area (Å²) in [5.74, 6) is -3.14. The van der Waals surface area contributed by atoms with E-state index in [1.807, 2.05) is 0 Å². The van der Waals surface area contributed by atoms with Gasteiger partial charge in [0.1, 0.15) is 11.6 Å². The first-order valence-electron chi connectivity index (χ1n) is 6.32. The van der Waals surface area contributed by atoms with Crippen molar-refractivity contribution in [2.75, 3.05) is 27.2 Å². The smallest absolute Gasteiger partial charge is 0.414 e. The van der Waals surface area contributed by atoms with Gasteiger partial charge >= 0.3 is 11.9 Å². The SMILES string of the molecule is CN(C)CCCCOc1ccc(F)cc1.O=C(O)C(=O)O. The second-order valence-electron chi connectivity index (χ2n) is 4.42. The van der Waals surface area contributed by atoms with E-state index >= 15 is 0 Å². The van der Waals surface area contributed by atoms with Gasteiger partial charge in [0.25, 0.3) is 0 Å². The largest absolute Gasteiger partial charge is 0.494 e. The molecule has 6 nitrogen and oxygen atoms in total. The fourth-order valence-corrected chi connectivity index (χ4v) is 1.25. The van der Waals surface area contributed by atoms with E-state index < -0.39 is 11.9 Å². The first-order chi connectivity index (χ1) is 9.82. The van der Waals surface area contributed by atoms with Crippen molar-refractivity contribution in [3.05, 3.63) is 30.1 Å². The van der Waals surface area contributed by atoms with E-state index in [4.69, 9.17) is 24.5 Å². The quantitative estimate of drug-likeness (QED) is 0.614. The lowest BCUT2D eigenvalue weighted by Crippen LogP contribution is -2.13. The first-order valence-corrected chi connectivity index (χ1v) is 6.32. The van der Waals surface area contributed by atoms with E-state index in [9.17, 15) is 4.39 Å². The highest BCUT2D eigenvalue weighted by Crippen LogP contribution is 2.11. The number of rotatable bonds is 6. The predicted octanol–water partition coefficient (Wildman–Crippen LogP) is 1.70. The summed E-state index contributed by atoms with van der Waals surface area (Å²) in [6, 6.07) is 6.13. The summed E-state index contributed by atoms with van der Waals surface area (Å²) >= 11 is 0. The molecule has 0 bridgehead atoms. The zero-order valence-corrected chi connectivity index (χ0v) is 12.1. The molecule has 7 heteroatoms. The molecule has 0 aliphatic carbocycles. The van der Waals surface area contributed by atoms with Crippen LogP contribution in [0.15, 0.2) is 24.3 Å². The number of carboxylic acids is 2. The predicted molar refractivity (Wildman–Crippen MR) is 75.0 cm³/mol. The number of benzene rings is 1. The Balaban J connectivity index is 0.000000567. The van der Waals surface area contributed by atoms with Crippen LogP contribution in [0.3, 0.4) is 0 Å². The van der Waals surface area contributed by atoms with Crippen LogP contribution in [-0.4, -0.2) is 54.3 Å². The van der Waals surface area contributed by atoms with Crippen LogP contribution < -0.4 is 4.74 Å². The Morgan fingerprint density at radius 2 is 1.62 bits per heavy atom. The Kier molecular flexibility index (Phi) is 9.53. The summed E-state index contributed by atoms with van der Waals surface area (Å²) < 4.78 is 18.0. The second-order valence-corrected chi connectivity index (χ2v) is 4.42. The van der Waals surface area contributed by atoms with E-state index in [1.165, 1.54) is 12.1 Å². The lowest BCUT2D eigenvalue weighted by molar-refractivity contribution is -0.159.